The number of rotatable bonds is 10. The molecule has 1 N–H and O–H groups in total. The molecule has 0 atom stereocenters. The molecule has 0 amide bonds. The monoisotopic (exact) mass is 418 g/mol. The largest absolute Gasteiger partial charge is 0.504 e. The van der Waals surface area contributed by atoms with E-state index < -0.39 is 0 Å². The van der Waals surface area contributed by atoms with Crippen molar-refractivity contribution in [1.29, 1.82) is 0 Å². The van der Waals surface area contributed by atoms with Crippen LogP contribution in [0, 0.1) is 0 Å². The average Bonchev–Trinajstić information content (AvgIpc) is 2.81. The highest BCUT2D eigenvalue weighted by atomic mass is 16.5. The molecule has 0 unspecified atom stereocenters. The molecule has 0 saturated carbocycles. The molecule has 5 nitrogen and oxygen atoms in total. The Morgan fingerprint density at radius 3 is 1.74 bits per heavy atom. The van der Waals surface area contributed by atoms with Gasteiger partial charge in [-0.05, 0) is 41.5 Å². The highest BCUT2D eigenvalue weighted by Crippen LogP contribution is 2.49. The van der Waals surface area contributed by atoms with Gasteiger partial charge in [-0.25, -0.2) is 0 Å². The molecular formula is C26H26O5. The zero-order valence-corrected chi connectivity index (χ0v) is 17.8. The van der Waals surface area contributed by atoms with Gasteiger partial charge in [0, 0.05) is 5.56 Å². The molecule has 0 heterocycles. The number of hydrogen-bond donors (Lipinski definition) is 1. The molecule has 31 heavy (non-hydrogen) atoms. The number of phenolic OH excluding ortho intramolecular Hbond substituents is 1. The summed E-state index contributed by atoms with van der Waals surface area (Å²) >= 11 is 0. The maximum Gasteiger partial charge on any atom is 0.170 e. The summed E-state index contributed by atoms with van der Waals surface area (Å²) in [5, 5.41) is 11.1. The molecule has 160 valence electrons. The van der Waals surface area contributed by atoms with Crippen molar-refractivity contribution < 1.29 is 24.1 Å². The zero-order chi connectivity index (χ0) is 22.2. The number of benzene rings is 3. The predicted molar refractivity (Wildman–Crippen MR) is 123 cm³/mol. The Morgan fingerprint density at radius 2 is 1.29 bits per heavy atom. The van der Waals surface area contributed by atoms with Crippen molar-refractivity contribution in [1.82, 2.24) is 0 Å². The molecule has 3 rings (SSSR count). The highest BCUT2D eigenvalue weighted by Gasteiger charge is 2.21. The number of ether oxygens (including phenoxy) is 4. The number of hydrogen-bond acceptors (Lipinski definition) is 5. The van der Waals surface area contributed by atoms with Gasteiger partial charge in [-0.3, -0.25) is 0 Å². The third-order valence-electron chi connectivity index (χ3n) is 4.69. The highest BCUT2D eigenvalue weighted by molar-refractivity contribution is 5.87. The van der Waals surface area contributed by atoms with E-state index in [0.717, 1.165) is 16.9 Å². The lowest BCUT2D eigenvalue weighted by atomic mass is 9.96. The molecule has 3 aromatic rings. The Balaban J connectivity index is 2.03. The van der Waals surface area contributed by atoms with Crippen LogP contribution in [0.4, 0.5) is 0 Å². The van der Waals surface area contributed by atoms with Gasteiger partial charge in [0.1, 0.15) is 30.5 Å². The first-order valence-corrected chi connectivity index (χ1v) is 9.79. The summed E-state index contributed by atoms with van der Waals surface area (Å²) in [7, 11) is 3.10. The van der Waals surface area contributed by atoms with Crippen molar-refractivity contribution in [2.75, 3.05) is 27.4 Å². The summed E-state index contributed by atoms with van der Waals surface area (Å²) in [4.78, 5) is 0. The predicted octanol–water partition coefficient (Wildman–Crippen LogP) is 5.87. The van der Waals surface area contributed by atoms with Crippen LogP contribution in [0.1, 0.15) is 0 Å². The topological polar surface area (TPSA) is 57.2 Å². The van der Waals surface area contributed by atoms with Crippen LogP contribution in [-0.4, -0.2) is 32.5 Å². The van der Waals surface area contributed by atoms with Crippen LogP contribution in [0.15, 0.2) is 79.9 Å². The van der Waals surface area contributed by atoms with E-state index in [9.17, 15) is 5.11 Å². The molecule has 5 heteroatoms. The molecule has 0 radical (unpaired) electrons. The molecule has 0 bridgehead atoms. The van der Waals surface area contributed by atoms with Crippen LogP contribution < -0.4 is 18.9 Å². The lowest BCUT2D eigenvalue weighted by molar-refractivity contribution is 0.363. The normalized spacial score (nSPS) is 10.3. The van der Waals surface area contributed by atoms with E-state index in [1.54, 1.807) is 19.3 Å². The summed E-state index contributed by atoms with van der Waals surface area (Å²) in [6.45, 7) is 8.15. The Hall–Kier alpha value is -3.86. The zero-order valence-electron chi connectivity index (χ0n) is 17.8. The molecule has 0 fully saturated rings. The van der Waals surface area contributed by atoms with Gasteiger partial charge in [0.15, 0.2) is 11.5 Å². The minimum absolute atomic E-state index is 0.00333. The SMILES string of the molecule is C=CCOc1ccc(-c2cc(OC)c(-c3ccc(OCC=C)cc3)c(O)c2OC)cc1. The summed E-state index contributed by atoms with van der Waals surface area (Å²) in [6, 6.07) is 16.8. The van der Waals surface area contributed by atoms with Crippen LogP contribution in [0.25, 0.3) is 22.3 Å². The molecule has 0 aliphatic carbocycles. The molecule has 0 aliphatic heterocycles. The van der Waals surface area contributed by atoms with Crippen molar-refractivity contribution >= 4 is 0 Å². The van der Waals surface area contributed by atoms with Gasteiger partial charge in [-0.1, -0.05) is 49.6 Å². The number of phenols is 1. The van der Waals surface area contributed by atoms with Gasteiger partial charge in [-0.15, -0.1) is 0 Å². The van der Waals surface area contributed by atoms with Gasteiger partial charge in [0.2, 0.25) is 0 Å². The van der Waals surface area contributed by atoms with E-state index in [2.05, 4.69) is 13.2 Å². The standard InChI is InChI=1S/C26H26O5/c1-5-15-30-20-11-7-18(8-12-20)22-17-23(28-3)24(25(27)26(22)29-4)19-9-13-21(14-10-19)31-16-6-2/h5-14,17,27H,1-2,15-16H2,3-4H3. The van der Waals surface area contributed by atoms with Crippen molar-refractivity contribution in [2.45, 2.75) is 0 Å². The Morgan fingerprint density at radius 1 is 0.774 bits per heavy atom. The van der Waals surface area contributed by atoms with Crippen LogP contribution in [0.5, 0.6) is 28.7 Å². The Labute approximate surface area is 182 Å². The quantitative estimate of drug-likeness (QED) is 0.417. The van der Waals surface area contributed by atoms with Crippen molar-refractivity contribution in [3.63, 3.8) is 0 Å². The van der Waals surface area contributed by atoms with E-state index in [0.29, 0.717) is 41.6 Å². The maximum atomic E-state index is 11.1. The summed E-state index contributed by atoms with van der Waals surface area (Å²) < 4.78 is 22.3. The molecule has 0 aromatic heterocycles. The first kappa shape index (κ1) is 21.8. The van der Waals surface area contributed by atoms with Crippen molar-refractivity contribution in [3.8, 4) is 51.0 Å². The van der Waals surface area contributed by atoms with Gasteiger partial charge in [0.25, 0.3) is 0 Å². The summed E-state index contributed by atoms with van der Waals surface area (Å²) in [5.74, 6) is 2.34. The lowest BCUT2D eigenvalue weighted by Crippen LogP contribution is -1.96. The molecule has 3 aromatic carbocycles. The minimum atomic E-state index is 0.00333. The molecule has 0 saturated heterocycles. The minimum Gasteiger partial charge on any atom is -0.504 e. The van der Waals surface area contributed by atoms with Gasteiger partial charge < -0.3 is 24.1 Å². The Bertz CT molecular complexity index is 1040. The maximum absolute atomic E-state index is 11.1. The second kappa shape index (κ2) is 10.3. The third-order valence-corrected chi connectivity index (χ3v) is 4.69. The summed E-state index contributed by atoms with van der Waals surface area (Å²) in [5.41, 5.74) is 2.89. The van der Waals surface area contributed by atoms with Crippen molar-refractivity contribution in [2.24, 2.45) is 0 Å². The van der Waals surface area contributed by atoms with Crippen LogP contribution in [0.3, 0.4) is 0 Å². The second-order valence-electron chi connectivity index (χ2n) is 6.63. The van der Waals surface area contributed by atoms with Gasteiger partial charge in [0.05, 0.1) is 19.8 Å². The first-order chi connectivity index (χ1) is 15.1. The smallest absolute Gasteiger partial charge is 0.170 e. The van der Waals surface area contributed by atoms with Crippen LogP contribution in [-0.2, 0) is 0 Å². The lowest BCUT2D eigenvalue weighted by Gasteiger charge is -2.18. The van der Waals surface area contributed by atoms with E-state index in [1.807, 2.05) is 54.6 Å². The van der Waals surface area contributed by atoms with E-state index in [4.69, 9.17) is 18.9 Å². The number of methoxy groups -OCH3 is 2. The molecule has 0 aliphatic rings. The third kappa shape index (κ3) is 4.83. The summed E-state index contributed by atoms with van der Waals surface area (Å²) in [6.07, 6.45) is 3.38. The van der Waals surface area contributed by atoms with E-state index in [-0.39, 0.29) is 5.75 Å². The molecular weight excluding hydrogens is 392 g/mol. The van der Waals surface area contributed by atoms with E-state index >= 15 is 0 Å². The fourth-order valence-electron chi connectivity index (χ4n) is 3.25. The fraction of sp³-hybridized carbons (Fsp3) is 0.154. The van der Waals surface area contributed by atoms with Crippen LogP contribution >= 0.6 is 0 Å². The average molecular weight is 418 g/mol. The molecule has 0 spiro atoms. The Kier molecular flexibility index (Phi) is 7.22. The van der Waals surface area contributed by atoms with E-state index in [1.165, 1.54) is 7.11 Å². The van der Waals surface area contributed by atoms with Crippen molar-refractivity contribution in [3.05, 3.63) is 79.9 Å². The van der Waals surface area contributed by atoms with Crippen LogP contribution in [0.2, 0.25) is 0 Å². The fourth-order valence-corrected chi connectivity index (χ4v) is 3.25. The second-order valence-corrected chi connectivity index (χ2v) is 6.63. The first-order valence-electron chi connectivity index (χ1n) is 9.79. The van der Waals surface area contributed by atoms with Gasteiger partial charge >= 0.3 is 0 Å². The van der Waals surface area contributed by atoms with Gasteiger partial charge in [-0.2, -0.15) is 0 Å². The number of aromatic hydroxyl groups is 1.